The molecule has 16 heavy (non-hydrogen) atoms. The molecule has 0 aromatic heterocycles. The lowest BCUT2D eigenvalue weighted by Gasteiger charge is -2.30. The van der Waals surface area contributed by atoms with Gasteiger partial charge in [0.2, 0.25) is 0 Å². The van der Waals surface area contributed by atoms with Crippen LogP contribution in [0.25, 0.3) is 0 Å². The topological polar surface area (TPSA) is 12.0 Å². The Morgan fingerprint density at radius 3 is 2.75 bits per heavy atom. The zero-order valence-corrected chi connectivity index (χ0v) is 10.8. The molecule has 0 aliphatic heterocycles. The Hall–Kier alpha value is -0.0400. The zero-order valence-electron chi connectivity index (χ0n) is 10.8. The smallest absolute Gasteiger partial charge is 0.00150 e. The summed E-state index contributed by atoms with van der Waals surface area (Å²) in [5.41, 5.74) is 0.826. The summed E-state index contributed by atoms with van der Waals surface area (Å²) in [5.74, 6) is 3.33. The van der Waals surface area contributed by atoms with Crippen molar-refractivity contribution in [1.82, 2.24) is 5.32 Å². The van der Waals surface area contributed by atoms with Crippen LogP contribution >= 0.6 is 0 Å². The van der Waals surface area contributed by atoms with E-state index in [0.717, 1.165) is 23.2 Å². The molecule has 1 nitrogen and oxygen atoms in total. The van der Waals surface area contributed by atoms with Gasteiger partial charge in [-0.2, -0.15) is 0 Å². The van der Waals surface area contributed by atoms with Crippen molar-refractivity contribution in [2.45, 2.75) is 58.3 Å². The highest BCUT2D eigenvalue weighted by Gasteiger charge is 2.56. The second-order valence-corrected chi connectivity index (χ2v) is 6.66. The van der Waals surface area contributed by atoms with Crippen molar-refractivity contribution in [3.05, 3.63) is 0 Å². The van der Waals surface area contributed by atoms with E-state index in [-0.39, 0.29) is 0 Å². The van der Waals surface area contributed by atoms with Gasteiger partial charge in [-0.25, -0.2) is 0 Å². The third-order valence-electron chi connectivity index (χ3n) is 5.38. The molecule has 3 unspecified atom stereocenters. The molecule has 0 saturated heterocycles. The molecule has 1 heteroatoms. The van der Waals surface area contributed by atoms with Crippen LogP contribution in [0.5, 0.6) is 0 Å². The minimum Gasteiger partial charge on any atom is -0.316 e. The van der Waals surface area contributed by atoms with Gasteiger partial charge in [-0.15, -0.1) is 0 Å². The van der Waals surface area contributed by atoms with Crippen molar-refractivity contribution >= 4 is 0 Å². The molecular formula is C15H27N. The summed E-state index contributed by atoms with van der Waals surface area (Å²) in [4.78, 5) is 0. The lowest BCUT2D eigenvalue weighted by atomic mass is 9.75. The number of hydrogen-bond donors (Lipinski definition) is 1. The first kappa shape index (κ1) is 11.1. The van der Waals surface area contributed by atoms with Gasteiger partial charge in [-0.3, -0.25) is 0 Å². The second-order valence-electron chi connectivity index (χ2n) is 6.66. The number of nitrogens with one attached hydrogen (secondary N) is 1. The Morgan fingerprint density at radius 2 is 2.00 bits per heavy atom. The van der Waals surface area contributed by atoms with Crippen molar-refractivity contribution in [3.63, 3.8) is 0 Å². The monoisotopic (exact) mass is 221 g/mol. The molecule has 3 rings (SSSR count). The Balaban J connectivity index is 1.47. The van der Waals surface area contributed by atoms with E-state index in [2.05, 4.69) is 12.2 Å². The summed E-state index contributed by atoms with van der Waals surface area (Å²) >= 11 is 0. The van der Waals surface area contributed by atoms with Gasteiger partial charge in [0.1, 0.15) is 0 Å². The molecule has 0 amide bonds. The molecule has 0 heterocycles. The predicted octanol–water partition coefficient (Wildman–Crippen LogP) is 3.59. The largest absolute Gasteiger partial charge is 0.316 e. The van der Waals surface area contributed by atoms with Crippen molar-refractivity contribution in [3.8, 4) is 0 Å². The van der Waals surface area contributed by atoms with E-state index in [0.29, 0.717) is 0 Å². The van der Waals surface area contributed by atoms with Crippen LogP contribution in [0.15, 0.2) is 0 Å². The van der Waals surface area contributed by atoms with E-state index >= 15 is 0 Å². The highest BCUT2D eigenvalue weighted by atomic mass is 14.9. The maximum Gasteiger partial charge on any atom is -0.00150 e. The fraction of sp³-hybridized carbons (Fsp3) is 1.00. The van der Waals surface area contributed by atoms with Crippen LogP contribution in [-0.2, 0) is 0 Å². The summed E-state index contributed by atoms with van der Waals surface area (Å²) in [6, 6.07) is 0. The molecule has 0 bridgehead atoms. The average molecular weight is 221 g/mol. The summed E-state index contributed by atoms with van der Waals surface area (Å²) in [6.45, 7) is 4.79. The normalized spacial score (nSPS) is 42.6. The highest BCUT2D eigenvalue weighted by Crippen LogP contribution is 2.64. The number of hydrogen-bond acceptors (Lipinski definition) is 1. The van der Waals surface area contributed by atoms with Crippen LogP contribution < -0.4 is 5.32 Å². The first-order valence-corrected chi connectivity index (χ1v) is 7.55. The van der Waals surface area contributed by atoms with Gasteiger partial charge in [0.15, 0.2) is 0 Å². The Morgan fingerprint density at radius 1 is 1.12 bits per heavy atom. The second kappa shape index (κ2) is 4.33. The molecule has 3 aliphatic carbocycles. The zero-order chi connectivity index (χ0) is 11.0. The molecular weight excluding hydrogens is 194 g/mol. The van der Waals surface area contributed by atoms with Gasteiger partial charge >= 0.3 is 0 Å². The number of rotatable bonds is 5. The third-order valence-corrected chi connectivity index (χ3v) is 5.38. The van der Waals surface area contributed by atoms with Crippen molar-refractivity contribution in [2.75, 3.05) is 13.1 Å². The summed E-state index contributed by atoms with van der Waals surface area (Å²) < 4.78 is 0. The van der Waals surface area contributed by atoms with Gasteiger partial charge in [0.25, 0.3) is 0 Å². The molecule has 3 fully saturated rings. The van der Waals surface area contributed by atoms with Gasteiger partial charge < -0.3 is 5.32 Å². The molecule has 1 spiro atoms. The molecule has 0 aromatic rings. The highest BCUT2D eigenvalue weighted by molar-refractivity contribution is 5.07. The fourth-order valence-corrected chi connectivity index (χ4v) is 4.14. The van der Waals surface area contributed by atoms with Crippen LogP contribution in [0.2, 0.25) is 0 Å². The first-order valence-electron chi connectivity index (χ1n) is 7.55. The van der Waals surface area contributed by atoms with Crippen LogP contribution in [0, 0.1) is 23.2 Å². The van der Waals surface area contributed by atoms with Crippen molar-refractivity contribution < 1.29 is 0 Å². The standard InChI is InChI=1S/C15H27N/c1-2-8-16-11-14-10-15(14)7-3-4-13(9-15)12-5-6-12/h12-14,16H,2-11H2,1H3. The Bertz CT molecular complexity index is 246. The SMILES string of the molecule is CCCNCC1CC12CCCC(C1CC1)C2. The van der Waals surface area contributed by atoms with Gasteiger partial charge in [0, 0.05) is 0 Å². The molecule has 3 atom stereocenters. The van der Waals surface area contributed by atoms with Crippen LogP contribution in [0.4, 0.5) is 0 Å². The minimum atomic E-state index is 0.826. The van der Waals surface area contributed by atoms with E-state index < -0.39 is 0 Å². The van der Waals surface area contributed by atoms with E-state index in [1.165, 1.54) is 25.9 Å². The van der Waals surface area contributed by atoms with E-state index in [9.17, 15) is 0 Å². The molecule has 0 radical (unpaired) electrons. The fourth-order valence-electron chi connectivity index (χ4n) is 4.14. The maximum atomic E-state index is 3.63. The van der Waals surface area contributed by atoms with Gasteiger partial charge in [-0.05, 0) is 74.8 Å². The van der Waals surface area contributed by atoms with Crippen molar-refractivity contribution in [1.29, 1.82) is 0 Å². The van der Waals surface area contributed by atoms with E-state index in [4.69, 9.17) is 0 Å². The predicted molar refractivity (Wildman–Crippen MR) is 68.4 cm³/mol. The first-order chi connectivity index (χ1) is 7.84. The van der Waals surface area contributed by atoms with Crippen LogP contribution in [0.3, 0.4) is 0 Å². The van der Waals surface area contributed by atoms with Gasteiger partial charge in [-0.1, -0.05) is 19.8 Å². The molecule has 92 valence electrons. The van der Waals surface area contributed by atoms with E-state index in [1.807, 2.05) is 0 Å². The minimum absolute atomic E-state index is 0.826. The lowest BCUT2D eigenvalue weighted by molar-refractivity contribution is 0.208. The van der Waals surface area contributed by atoms with Crippen LogP contribution in [0.1, 0.15) is 58.3 Å². The lowest BCUT2D eigenvalue weighted by Crippen LogP contribution is -2.24. The quantitative estimate of drug-likeness (QED) is 0.700. The summed E-state index contributed by atoms with van der Waals surface area (Å²) in [6.07, 6.45) is 12.2. The Labute approximate surface area is 100 Å². The molecule has 3 saturated carbocycles. The molecule has 1 N–H and O–H groups in total. The molecule has 0 aromatic carbocycles. The average Bonchev–Trinajstić information content (AvgIpc) is 3.17. The Kier molecular flexibility index (Phi) is 2.99. The van der Waals surface area contributed by atoms with Crippen LogP contribution in [-0.4, -0.2) is 13.1 Å². The maximum absolute atomic E-state index is 3.63. The summed E-state index contributed by atoms with van der Waals surface area (Å²) in [5, 5.41) is 3.63. The van der Waals surface area contributed by atoms with Crippen molar-refractivity contribution in [2.24, 2.45) is 23.2 Å². The molecule has 3 aliphatic rings. The van der Waals surface area contributed by atoms with Gasteiger partial charge in [0.05, 0.1) is 0 Å². The summed E-state index contributed by atoms with van der Waals surface area (Å²) in [7, 11) is 0. The third kappa shape index (κ3) is 2.16. The van der Waals surface area contributed by atoms with E-state index in [1.54, 1.807) is 38.5 Å².